The smallest absolute Gasteiger partial charge is 0.253 e. The van der Waals surface area contributed by atoms with E-state index in [0.717, 1.165) is 19.6 Å². The first-order chi connectivity index (χ1) is 15.5. The summed E-state index contributed by atoms with van der Waals surface area (Å²) in [5.41, 5.74) is 1.79. The number of benzene rings is 3. The van der Waals surface area contributed by atoms with Crippen LogP contribution in [-0.2, 0) is 16.6 Å². The molecule has 6 nitrogen and oxygen atoms in total. The van der Waals surface area contributed by atoms with Crippen molar-refractivity contribution in [1.82, 2.24) is 14.5 Å². The summed E-state index contributed by atoms with van der Waals surface area (Å²) in [5.74, 6) is -0.0715. The molecule has 3 aromatic carbocycles. The topological polar surface area (TPSA) is 69.7 Å². The first-order valence-corrected chi connectivity index (χ1v) is 12.1. The van der Waals surface area contributed by atoms with Gasteiger partial charge < -0.3 is 4.90 Å². The van der Waals surface area contributed by atoms with Crippen molar-refractivity contribution in [2.45, 2.75) is 11.4 Å². The van der Waals surface area contributed by atoms with E-state index in [1.165, 1.54) is 34.5 Å². The first kappa shape index (κ1) is 22.2. The highest BCUT2D eigenvalue weighted by molar-refractivity contribution is 7.89. The van der Waals surface area contributed by atoms with Crippen molar-refractivity contribution < 1.29 is 13.2 Å². The molecule has 1 amide bonds. The Morgan fingerprint density at radius 1 is 0.938 bits per heavy atom. The van der Waals surface area contributed by atoms with Gasteiger partial charge in [-0.05, 0) is 40.6 Å². The summed E-state index contributed by atoms with van der Waals surface area (Å²) < 4.78 is 26.8. The minimum Gasteiger partial charge on any atom is -0.336 e. The minimum absolute atomic E-state index is 0.0715. The SMILES string of the molecule is C=CCNS(=O)(=O)c1ccc(C(=O)N2CCN(Cc3cccc4ccccc34)CC2)cc1. The van der Waals surface area contributed by atoms with Crippen LogP contribution in [0.1, 0.15) is 15.9 Å². The van der Waals surface area contributed by atoms with Gasteiger partial charge in [0, 0.05) is 44.8 Å². The fourth-order valence-corrected chi connectivity index (χ4v) is 4.99. The number of hydrogen-bond acceptors (Lipinski definition) is 4. The molecule has 0 aliphatic carbocycles. The van der Waals surface area contributed by atoms with Crippen molar-refractivity contribution in [3.8, 4) is 0 Å². The molecule has 1 N–H and O–H groups in total. The standard InChI is InChI=1S/C25H27N3O3S/c1-2-14-26-32(30,31)23-12-10-21(11-13-23)25(29)28-17-15-27(16-18-28)19-22-8-5-7-20-6-3-4-9-24(20)22/h2-13,26H,1,14-19H2. The van der Waals surface area contributed by atoms with Crippen LogP contribution in [-0.4, -0.2) is 56.8 Å². The molecule has 32 heavy (non-hydrogen) atoms. The molecule has 1 aliphatic rings. The number of amides is 1. The molecule has 166 valence electrons. The number of carbonyl (C=O) groups excluding carboxylic acids is 1. The van der Waals surface area contributed by atoms with Gasteiger partial charge in [-0.25, -0.2) is 13.1 Å². The number of rotatable bonds is 7. The molecule has 3 aromatic rings. The summed E-state index contributed by atoms with van der Waals surface area (Å²) >= 11 is 0. The van der Waals surface area contributed by atoms with Gasteiger partial charge in [0.25, 0.3) is 5.91 Å². The molecule has 0 aromatic heterocycles. The van der Waals surface area contributed by atoms with Crippen molar-refractivity contribution >= 4 is 26.7 Å². The molecule has 0 radical (unpaired) electrons. The quantitative estimate of drug-likeness (QED) is 0.562. The zero-order chi connectivity index (χ0) is 22.6. The molecule has 1 saturated heterocycles. The molecule has 1 fully saturated rings. The van der Waals surface area contributed by atoms with Crippen molar-refractivity contribution in [1.29, 1.82) is 0 Å². The summed E-state index contributed by atoms with van der Waals surface area (Å²) in [5, 5.41) is 2.51. The summed E-state index contributed by atoms with van der Waals surface area (Å²) in [6, 6.07) is 20.9. The minimum atomic E-state index is -3.60. The van der Waals surface area contributed by atoms with E-state index in [0.29, 0.717) is 18.7 Å². The predicted molar refractivity (Wildman–Crippen MR) is 127 cm³/mol. The Hall–Kier alpha value is -3.00. The maximum absolute atomic E-state index is 12.9. The van der Waals surface area contributed by atoms with Gasteiger partial charge in [0.05, 0.1) is 4.90 Å². The lowest BCUT2D eigenvalue weighted by Gasteiger charge is -2.35. The van der Waals surface area contributed by atoms with E-state index < -0.39 is 10.0 Å². The van der Waals surface area contributed by atoms with Crippen LogP contribution in [0.3, 0.4) is 0 Å². The molecule has 4 rings (SSSR count). The highest BCUT2D eigenvalue weighted by Gasteiger charge is 2.23. The van der Waals surface area contributed by atoms with Crippen LogP contribution >= 0.6 is 0 Å². The summed E-state index contributed by atoms with van der Waals surface area (Å²) in [6.45, 7) is 7.41. The number of carbonyl (C=O) groups is 1. The summed E-state index contributed by atoms with van der Waals surface area (Å²) in [7, 11) is -3.60. The second kappa shape index (κ2) is 9.65. The average Bonchev–Trinajstić information content (AvgIpc) is 2.83. The van der Waals surface area contributed by atoms with Gasteiger partial charge in [-0.15, -0.1) is 6.58 Å². The second-order valence-electron chi connectivity index (χ2n) is 7.87. The third kappa shape index (κ3) is 4.91. The number of piperazine rings is 1. The predicted octanol–water partition coefficient (Wildman–Crippen LogP) is 3.26. The van der Waals surface area contributed by atoms with E-state index >= 15 is 0 Å². The molecule has 7 heteroatoms. The highest BCUT2D eigenvalue weighted by Crippen LogP contribution is 2.21. The maximum Gasteiger partial charge on any atom is 0.253 e. The Kier molecular flexibility index (Phi) is 6.69. The van der Waals surface area contributed by atoms with Crippen molar-refractivity contribution in [2.75, 3.05) is 32.7 Å². The summed E-state index contributed by atoms with van der Waals surface area (Å²) in [4.78, 5) is 17.2. The third-order valence-electron chi connectivity index (χ3n) is 5.76. The lowest BCUT2D eigenvalue weighted by Crippen LogP contribution is -2.48. The largest absolute Gasteiger partial charge is 0.336 e. The van der Waals surface area contributed by atoms with Gasteiger partial charge >= 0.3 is 0 Å². The van der Waals surface area contributed by atoms with Crippen LogP contribution in [0.4, 0.5) is 0 Å². The Balaban J connectivity index is 1.37. The molecule has 1 aliphatic heterocycles. The van der Waals surface area contributed by atoms with E-state index in [9.17, 15) is 13.2 Å². The van der Waals surface area contributed by atoms with Crippen LogP contribution in [0, 0.1) is 0 Å². The van der Waals surface area contributed by atoms with Gasteiger partial charge in [0.15, 0.2) is 0 Å². The van der Waals surface area contributed by atoms with E-state index in [2.05, 4.69) is 58.7 Å². The molecule has 1 heterocycles. The maximum atomic E-state index is 12.9. The molecule has 0 saturated carbocycles. The third-order valence-corrected chi connectivity index (χ3v) is 7.20. The van der Waals surface area contributed by atoms with Gasteiger partial charge in [-0.1, -0.05) is 48.5 Å². The fourth-order valence-electron chi connectivity index (χ4n) is 3.99. The zero-order valence-corrected chi connectivity index (χ0v) is 18.7. The molecular formula is C25H27N3O3S. The monoisotopic (exact) mass is 449 g/mol. The zero-order valence-electron chi connectivity index (χ0n) is 17.9. The number of nitrogens with zero attached hydrogens (tertiary/aromatic N) is 2. The Labute approximate surface area is 189 Å². The lowest BCUT2D eigenvalue weighted by molar-refractivity contribution is 0.0629. The van der Waals surface area contributed by atoms with E-state index in [-0.39, 0.29) is 17.3 Å². The molecule has 0 bridgehead atoms. The van der Waals surface area contributed by atoms with Crippen molar-refractivity contribution in [3.63, 3.8) is 0 Å². The fraction of sp³-hybridized carbons (Fsp3) is 0.240. The first-order valence-electron chi connectivity index (χ1n) is 10.7. The number of hydrogen-bond donors (Lipinski definition) is 1. The highest BCUT2D eigenvalue weighted by atomic mass is 32.2. The Morgan fingerprint density at radius 3 is 2.34 bits per heavy atom. The van der Waals surface area contributed by atoms with Gasteiger partial charge in [-0.3, -0.25) is 9.69 Å². The Bertz CT molecular complexity index is 1210. The van der Waals surface area contributed by atoms with Crippen LogP contribution in [0.15, 0.2) is 84.3 Å². The van der Waals surface area contributed by atoms with Crippen molar-refractivity contribution in [2.24, 2.45) is 0 Å². The normalized spacial score (nSPS) is 15.1. The van der Waals surface area contributed by atoms with Gasteiger partial charge in [0.1, 0.15) is 0 Å². The number of sulfonamides is 1. The average molecular weight is 450 g/mol. The van der Waals surface area contributed by atoms with Gasteiger partial charge in [0.2, 0.25) is 10.0 Å². The van der Waals surface area contributed by atoms with E-state index in [1.807, 2.05) is 4.90 Å². The Morgan fingerprint density at radius 2 is 1.62 bits per heavy atom. The van der Waals surface area contributed by atoms with E-state index in [1.54, 1.807) is 12.1 Å². The number of nitrogens with one attached hydrogen (secondary N) is 1. The number of fused-ring (bicyclic) bond motifs is 1. The molecular weight excluding hydrogens is 422 g/mol. The van der Waals surface area contributed by atoms with Crippen LogP contribution in [0.25, 0.3) is 10.8 Å². The van der Waals surface area contributed by atoms with Crippen LogP contribution < -0.4 is 4.72 Å². The van der Waals surface area contributed by atoms with Gasteiger partial charge in [-0.2, -0.15) is 0 Å². The van der Waals surface area contributed by atoms with E-state index in [4.69, 9.17) is 0 Å². The van der Waals surface area contributed by atoms with Crippen molar-refractivity contribution in [3.05, 3.63) is 90.5 Å². The summed E-state index contributed by atoms with van der Waals surface area (Å²) in [6.07, 6.45) is 1.48. The lowest BCUT2D eigenvalue weighted by atomic mass is 10.0. The van der Waals surface area contributed by atoms with Crippen LogP contribution in [0.2, 0.25) is 0 Å². The molecule has 0 unspecified atom stereocenters. The molecule has 0 atom stereocenters. The van der Waals surface area contributed by atoms with Crippen LogP contribution in [0.5, 0.6) is 0 Å². The second-order valence-corrected chi connectivity index (χ2v) is 9.64. The molecule has 0 spiro atoms.